The fourth-order valence-corrected chi connectivity index (χ4v) is 1.35. The molecule has 0 aliphatic rings. The van der Waals surface area contributed by atoms with E-state index in [1.807, 2.05) is 0 Å². The Morgan fingerprint density at radius 1 is 1.19 bits per heavy atom. The molecular weight excluding hydrogens is 247 g/mol. The third-order valence-electron chi connectivity index (χ3n) is 1.66. The molecule has 0 bridgehead atoms. The minimum absolute atomic E-state index is 0.142. The number of aliphatic hydroxyl groups excluding tert-OH is 4. The number of carbonyl (C=O) groups is 1. The lowest BCUT2D eigenvalue weighted by atomic mass is 10.0. The Morgan fingerprint density at radius 2 is 1.69 bits per heavy atom. The molecule has 0 spiro atoms. The van der Waals surface area contributed by atoms with Gasteiger partial charge in [-0.3, -0.25) is 4.52 Å². The summed E-state index contributed by atoms with van der Waals surface area (Å²) in [5.41, 5.74) is 0. The van der Waals surface area contributed by atoms with Gasteiger partial charge in [-0.25, -0.2) is 4.57 Å². The van der Waals surface area contributed by atoms with Crippen molar-refractivity contribution in [2.24, 2.45) is 0 Å². The highest BCUT2D eigenvalue weighted by Crippen LogP contribution is 2.38. The molecule has 0 unspecified atom stereocenters. The number of phosphoric ester groups is 1. The smallest absolute Gasteiger partial charge is 0.394 e. The summed E-state index contributed by atoms with van der Waals surface area (Å²) in [6, 6.07) is 0. The Kier molecular flexibility index (Phi) is 6.23. The van der Waals surface area contributed by atoms with Crippen LogP contribution in [-0.4, -0.2) is 67.5 Å². The van der Waals surface area contributed by atoms with Crippen molar-refractivity contribution in [3.8, 4) is 0 Å². The predicted octanol–water partition coefficient (Wildman–Crippen LogP) is -3.26. The molecular formula is C6H13O9P. The largest absolute Gasteiger partial charge is 0.470 e. The Labute approximate surface area is 90.2 Å². The first kappa shape index (κ1) is 15.6. The van der Waals surface area contributed by atoms with Gasteiger partial charge in [0.2, 0.25) is 0 Å². The average molecular weight is 260 g/mol. The van der Waals surface area contributed by atoms with E-state index in [1.54, 1.807) is 0 Å². The molecule has 0 fully saturated rings. The Balaban J connectivity index is 4.59. The van der Waals surface area contributed by atoms with Crippen molar-refractivity contribution in [2.45, 2.75) is 24.4 Å². The molecule has 0 aromatic rings. The Bertz CT molecular complexity index is 263. The van der Waals surface area contributed by atoms with Crippen LogP contribution < -0.4 is 0 Å². The van der Waals surface area contributed by atoms with Crippen LogP contribution in [-0.2, 0) is 13.9 Å². The summed E-state index contributed by atoms with van der Waals surface area (Å²) in [4.78, 5) is 27.1. The maximum Gasteiger partial charge on any atom is 0.470 e. The second kappa shape index (κ2) is 6.38. The first-order valence-corrected chi connectivity index (χ1v) is 5.60. The van der Waals surface area contributed by atoms with Gasteiger partial charge in [0.1, 0.15) is 18.3 Å². The van der Waals surface area contributed by atoms with Gasteiger partial charge in [0, 0.05) is 0 Å². The van der Waals surface area contributed by atoms with Crippen molar-refractivity contribution in [3.63, 3.8) is 0 Å². The summed E-state index contributed by atoms with van der Waals surface area (Å²) in [7, 11) is -5.02. The van der Waals surface area contributed by atoms with E-state index in [0.717, 1.165) is 0 Å². The first-order chi connectivity index (χ1) is 7.22. The molecule has 0 aromatic heterocycles. The summed E-state index contributed by atoms with van der Waals surface area (Å²) in [6.45, 7) is -0.903. The van der Waals surface area contributed by atoms with Gasteiger partial charge in [0.05, 0.1) is 6.61 Å². The number of carbonyl (C=O) groups excluding carboxylic acids is 1. The summed E-state index contributed by atoms with van der Waals surface area (Å²) in [6.07, 6.45) is -7.98. The van der Waals surface area contributed by atoms with Crippen LogP contribution in [0, 0.1) is 0 Å². The van der Waals surface area contributed by atoms with Crippen LogP contribution in [0.1, 0.15) is 0 Å². The minimum atomic E-state index is -5.02. The molecule has 0 heterocycles. The topological polar surface area (TPSA) is 165 Å². The zero-order chi connectivity index (χ0) is 12.9. The predicted molar refractivity (Wildman–Crippen MR) is 48.1 cm³/mol. The zero-order valence-electron chi connectivity index (χ0n) is 7.95. The highest BCUT2D eigenvalue weighted by molar-refractivity contribution is 7.46. The summed E-state index contributed by atoms with van der Waals surface area (Å²) in [5, 5.41) is 35.7. The lowest BCUT2D eigenvalue weighted by Gasteiger charge is -2.25. The number of rotatable bonds is 7. The maximum atomic E-state index is 10.4. The molecule has 0 aromatic carbocycles. The molecule has 96 valence electrons. The third kappa shape index (κ3) is 5.10. The molecule has 0 saturated carbocycles. The van der Waals surface area contributed by atoms with Crippen molar-refractivity contribution in [2.75, 3.05) is 6.61 Å². The number of hydrogen-bond donors (Lipinski definition) is 6. The van der Waals surface area contributed by atoms with Gasteiger partial charge in [-0.1, -0.05) is 0 Å². The molecule has 0 rings (SSSR count). The maximum absolute atomic E-state index is 10.4. The Hall–Kier alpha value is -0.380. The van der Waals surface area contributed by atoms with Crippen LogP contribution in [0.3, 0.4) is 0 Å². The fraction of sp³-hybridized carbons (Fsp3) is 0.833. The normalized spacial score (nSPS) is 19.9. The van der Waals surface area contributed by atoms with Crippen LogP contribution in [0.4, 0.5) is 0 Å². The second-order valence-electron chi connectivity index (χ2n) is 2.93. The Morgan fingerprint density at radius 3 is 2.00 bits per heavy atom. The average Bonchev–Trinajstić information content (AvgIpc) is 2.21. The van der Waals surface area contributed by atoms with Gasteiger partial charge in [0.15, 0.2) is 12.4 Å². The van der Waals surface area contributed by atoms with Crippen molar-refractivity contribution < 1.29 is 44.1 Å². The molecule has 16 heavy (non-hydrogen) atoms. The molecule has 0 aliphatic heterocycles. The molecule has 0 saturated heterocycles. The fourth-order valence-electron chi connectivity index (χ4n) is 0.856. The van der Waals surface area contributed by atoms with Gasteiger partial charge in [-0.2, -0.15) is 0 Å². The van der Waals surface area contributed by atoms with Crippen molar-refractivity contribution >= 4 is 14.1 Å². The third-order valence-corrected chi connectivity index (χ3v) is 2.18. The molecule has 0 amide bonds. The summed E-state index contributed by atoms with van der Waals surface area (Å²) in [5.74, 6) is 0. The number of aliphatic hydroxyl groups is 4. The van der Waals surface area contributed by atoms with E-state index in [-0.39, 0.29) is 6.29 Å². The first-order valence-electron chi connectivity index (χ1n) is 4.07. The van der Waals surface area contributed by atoms with Gasteiger partial charge < -0.3 is 35.0 Å². The molecule has 0 radical (unpaired) electrons. The molecule has 0 aliphatic carbocycles. The van der Waals surface area contributed by atoms with Crippen molar-refractivity contribution in [1.29, 1.82) is 0 Å². The van der Waals surface area contributed by atoms with Crippen LogP contribution in [0.2, 0.25) is 0 Å². The van der Waals surface area contributed by atoms with Crippen LogP contribution in [0.15, 0.2) is 0 Å². The van der Waals surface area contributed by atoms with E-state index >= 15 is 0 Å². The number of hydrogen-bond acceptors (Lipinski definition) is 7. The highest BCUT2D eigenvalue weighted by Gasteiger charge is 2.35. The quantitative estimate of drug-likeness (QED) is 0.203. The summed E-state index contributed by atoms with van der Waals surface area (Å²) < 4.78 is 14.2. The van der Waals surface area contributed by atoms with E-state index < -0.39 is 38.8 Å². The van der Waals surface area contributed by atoms with Gasteiger partial charge >= 0.3 is 7.82 Å². The SMILES string of the molecule is O=C[C@@H](OP(=O)(O)O)[C@H](O)[C@@H](O)[C@@H](O)CO. The molecule has 4 atom stereocenters. The van der Waals surface area contributed by atoms with E-state index in [9.17, 15) is 14.5 Å². The van der Waals surface area contributed by atoms with E-state index in [2.05, 4.69) is 4.52 Å². The van der Waals surface area contributed by atoms with Gasteiger partial charge in [-0.15, -0.1) is 0 Å². The van der Waals surface area contributed by atoms with Gasteiger partial charge in [-0.05, 0) is 0 Å². The molecule has 9 nitrogen and oxygen atoms in total. The van der Waals surface area contributed by atoms with Gasteiger partial charge in [0.25, 0.3) is 0 Å². The lowest BCUT2D eigenvalue weighted by Crippen LogP contribution is -2.47. The minimum Gasteiger partial charge on any atom is -0.394 e. The second-order valence-corrected chi connectivity index (χ2v) is 4.12. The summed E-state index contributed by atoms with van der Waals surface area (Å²) >= 11 is 0. The van der Waals surface area contributed by atoms with E-state index in [0.29, 0.717) is 0 Å². The molecule has 10 heteroatoms. The number of phosphoric acid groups is 1. The zero-order valence-corrected chi connectivity index (χ0v) is 8.84. The van der Waals surface area contributed by atoms with E-state index in [4.69, 9.17) is 25.1 Å². The molecule has 6 N–H and O–H groups in total. The van der Waals surface area contributed by atoms with Crippen LogP contribution in [0.25, 0.3) is 0 Å². The number of aldehydes is 1. The van der Waals surface area contributed by atoms with Crippen LogP contribution >= 0.6 is 7.82 Å². The van der Waals surface area contributed by atoms with Crippen molar-refractivity contribution in [1.82, 2.24) is 0 Å². The monoisotopic (exact) mass is 260 g/mol. The van der Waals surface area contributed by atoms with Crippen molar-refractivity contribution in [3.05, 3.63) is 0 Å². The lowest BCUT2D eigenvalue weighted by molar-refractivity contribution is -0.135. The highest BCUT2D eigenvalue weighted by atomic mass is 31.2. The van der Waals surface area contributed by atoms with Crippen LogP contribution in [0.5, 0.6) is 0 Å². The standard InChI is InChI=1S/C6H13O9P/c7-1-3(9)5(10)6(11)4(2-8)15-16(12,13)14/h2-7,9-11H,1H2,(H2,12,13,14)/t3-,4+,5-,6-/m0/s1. The van der Waals surface area contributed by atoms with E-state index in [1.165, 1.54) is 0 Å².